The topological polar surface area (TPSA) is 73.6 Å². The lowest BCUT2D eigenvalue weighted by Gasteiger charge is -2.37. The normalized spacial score (nSPS) is 24.4. The number of carbonyl (C=O) groups is 1. The van der Waals surface area contributed by atoms with Crippen LogP contribution in [0, 0.1) is 5.92 Å². The highest BCUT2D eigenvalue weighted by Crippen LogP contribution is 2.33. The molecule has 1 aliphatic carbocycles. The molecule has 1 aromatic rings. The molecule has 1 aliphatic rings. The van der Waals surface area contributed by atoms with Crippen LogP contribution < -0.4 is 20.5 Å². The van der Waals surface area contributed by atoms with Crippen molar-refractivity contribution in [2.75, 3.05) is 13.2 Å². The second kappa shape index (κ2) is 8.56. The molecule has 0 aromatic heterocycles. The van der Waals surface area contributed by atoms with E-state index in [1.54, 1.807) is 0 Å². The Bertz CT molecular complexity index is 586. The molecule has 25 heavy (non-hydrogen) atoms. The summed E-state index contributed by atoms with van der Waals surface area (Å²) in [4.78, 5) is 12.7. The first-order chi connectivity index (χ1) is 11.9. The quantitative estimate of drug-likeness (QED) is 0.790. The Morgan fingerprint density at radius 3 is 2.60 bits per heavy atom. The minimum atomic E-state index is -0.419. The van der Waals surface area contributed by atoms with Crippen LogP contribution in [-0.4, -0.2) is 24.7 Å². The molecular formula is C20H32N2O3. The molecule has 1 amide bonds. The van der Waals surface area contributed by atoms with Crippen LogP contribution in [0.5, 0.6) is 11.5 Å². The fourth-order valence-corrected chi connectivity index (χ4v) is 3.52. The lowest BCUT2D eigenvalue weighted by molar-refractivity contribution is -0.128. The highest BCUT2D eigenvalue weighted by atomic mass is 16.5. The molecule has 0 radical (unpaired) electrons. The van der Waals surface area contributed by atoms with Crippen LogP contribution in [0.3, 0.4) is 0 Å². The summed E-state index contributed by atoms with van der Waals surface area (Å²) in [5, 5.41) is 3.13. The van der Waals surface area contributed by atoms with E-state index in [-0.39, 0.29) is 17.9 Å². The van der Waals surface area contributed by atoms with Gasteiger partial charge in [-0.3, -0.25) is 4.79 Å². The maximum atomic E-state index is 12.7. The third kappa shape index (κ3) is 4.88. The number of nitrogens with one attached hydrogen (secondary N) is 1. The second-order valence-electron chi connectivity index (χ2n) is 7.11. The number of amides is 1. The van der Waals surface area contributed by atoms with Crippen molar-refractivity contribution in [3.05, 3.63) is 23.8 Å². The summed E-state index contributed by atoms with van der Waals surface area (Å²) in [6.07, 6.45) is 3.93. The zero-order valence-electron chi connectivity index (χ0n) is 15.9. The number of ether oxygens (including phenoxy) is 2. The van der Waals surface area contributed by atoms with E-state index < -0.39 is 5.54 Å². The maximum absolute atomic E-state index is 12.7. The van der Waals surface area contributed by atoms with E-state index in [9.17, 15) is 4.79 Å². The van der Waals surface area contributed by atoms with Gasteiger partial charge in [0.15, 0.2) is 11.5 Å². The van der Waals surface area contributed by atoms with E-state index in [0.29, 0.717) is 19.0 Å². The molecule has 140 valence electrons. The highest BCUT2D eigenvalue weighted by Gasteiger charge is 2.38. The minimum Gasteiger partial charge on any atom is -0.490 e. The molecule has 0 saturated heterocycles. The van der Waals surface area contributed by atoms with Gasteiger partial charge < -0.3 is 20.5 Å². The van der Waals surface area contributed by atoms with Gasteiger partial charge in [0.25, 0.3) is 0 Å². The van der Waals surface area contributed by atoms with Crippen molar-refractivity contribution in [2.24, 2.45) is 11.7 Å². The maximum Gasteiger partial charge on any atom is 0.225 e. The van der Waals surface area contributed by atoms with Gasteiger partial charge in [-0.1, -0.05) is 18.9 Å². The molecule has 3 N–H and O–H groups in total. The van der Waals surface area contributed by atoms with Gasteiger partial charge in [-0.05, 0) is 58.2 Å². The van der Waals surface area contributed by atoms with Gasteiger partial charge in [0.05, 0.1) is 25.2 Å². The average molecular weight is 348 g/mol. The number of nitrogens with two attached hydrogens (primary N) is 1. The van der Waals surface area contributed by atoms with E-state index in [4.69, 9.17) is 15.2 Å². The molecule has 1 aromatic carbocycles. The summed E-state index contributed by atoms with van der Waals surface area (Å²) < 4.78 is 11.3. The van der Waals surface area contributed by atoms with Gasteiger partial charge in [0, 0.05) is 5.54 Å². The molecular weight excluding hydrogens is 316 g/mol. The number of hydrogen-bond acceptors (Lipinski definition) is 4. The van der Waals surface area contributed by atoms with Crippen LogP contribution in [0.2, 0.25) is 0 Å². The minimum absolute atomic E-state index is 0.0454. The van der Waals surface area contributed by atoms with Gasteiger partial charge in [0.1, 0.15) is 0 Å². The number of carbonyl (C=O) groups excluding carboxylic acids is 1. The zero-order valence-corrected chi connectivity index (χ0v) is 15.9. The fourth-order valence-electron chi connectivity index (χ4n) is 3.52. The van der Waals surface area contributed by atoms with Crippen LogP contribution in [0.4, 0.5) is 0 Å². The summed E-state index contributed by atoms with van der Waals surface area (Å²) in [6, 6.07) is 5.71. The molecule has 0 spiro atoms. The van der Waals surface area contributed by atoms with E-state index in [1.165, 1.54) is 0 Å². The third-order valence-corrected chi connectivity index (χ3v) is 5.00. The molecule has 1 saturated carbocycles. The standard InChI is InChI=1S/C20H32N2O3/c1-5-24-17-11-10-15(13-18(17)25-6-2)14(3)22-19(23)16-9-7-8-12-20(16,4)21/h10-11,13-14,16H,5-9,12,21H2,1-4H3,(H,22,23). The Balaban J connectivity index is 2.10. The molecule has 0 bridgehead atoms. The number of hydrogen-bond donors (Lipinski definition) is 2. The van der Waals surface area contributed by atoms with Crippen molar-refractivity contribution < 1.29 is 14.3 Å². The monoisotopic (exact) mass is 348 g/mol. The van der Waals surface area contributed by atoms with Crippen molar-refractivity contribution in [3.63, 3.8) is 0 Å². The summed E-state index contributed by atoms with van der Waals surface area (Å²) in [5.74, 6) is 1.36. The molecule has 2 rings (SSSR count). The SMILES string of the molecule is CCOc1ccc(C(C)NC(=O)C2CCCCC2(C)N)cc1OCC. The zero-order chi connectivity index (χ0) is 18.4. The van der Waals surface area contributed by atoms with Gasteiger partial charge in [-0.2, -0.15) is 0 Å². The first-order valence-electron chi connectivity index (χ1n) is 9.37. The number of benzene rings is 1. The molecule has 3 unspecified atom stereocenters. The van der Waals surface area contributed by atoms with Crippen LogP contribution >= 0.6 is 0 Å². The Kier molecular flexibility index (Phi) is 6.71. The van der Waals surface area contributed by atoms with Crippen LogP contribution in [-0.2, 0) is 4.79 Å². The van der Waals surface area contributed by atoms with Crippen molar-refractivity contribution in [2.45, 2.75) is 65.0 Å². The van der Waals surface area contributed by atoms with Gasteiger partial charge in [-0.15, -0.1) is 0 Å². The molecule has 5 heteroatoms. The van der Waals surface area contributed by atoms with Gasteiger partial charge >= 0.3 is 0 Å². The predicted molar refractivity (Wildman–Crippen MR) is 99.9 cm³/mol. The summed E-state index contributed by atoms with van der Waals surface area (Å²) in [5.41, 5.74) is 6.93. The predicted octanol–water partition coefficient (Wildman–Crippen LogP) is 3.57. The van der Waals surface area contributed by atoms with E-state index in [1.807, 2.05) is 45.9 Å². The van der Waals surface area contributed by atoms with Crippen molar-refractivity contribution in [1.82, 2.24) is 5.32 Å². The Hall–Kier alpha value is -1.75. The van der Waals surface area contributed by atoms with E-state index >= 15 is 0 Å². The first-order valence-corrected chi connectivity index (χ1v) is 9.37. The Morgan fingerprint density at radius 2 is 1.96 bits per heavy atom. The molecule has 0 heterocycles. The summed E-state index contributed by atoms with van der Waals surface area (Å²) in [7, 11) is 0. The first kappa shape index (κ1) is 19.6. The van der Waals surface area contributed by atoms with Crippen LogP contribution in [0.25, 0.3) is 0 Å². The average Bonchev–Trinajstić information content (AvgIpc) is 2.56. The molecule has 3 atom stereocenters. The third-order valence-electron chi connectivity index (χ3n) is 5.00. The molecule has 5 nitrogen and oxygen atoms in total. The van der Waals surface area contributed by atoms with E-state index in [2.05, 4.69) is 5.32 Å². The van der Waals surface area contributed by atoms with Crippen LogP contribution in [0.15, 0.2) is 18.2 Å². The van der Waals surface area contributed by atoms with Crippen molar-refractivity contribution >= 4 is 5.91 Å². The smallest absolute Gasteiger partial charge is 0.225 e. The van der Waals surface area contributed by atoms with Crippen molar-refractivity contribution in [1.29, 1.82) is 0 Å². The van der Waals surface area contributed by atoms with Crippen LogP contribution in [0.1, 0.15) is 65.0 Å². The second-order valence-corrected chi connectivity index (χ2v) is 7.11. The molecule has 1 fully saturated rings. The summed E-state index contributed by atoms with van der Waals surface area (Å²) >= 11 is 0. The van der Waals surface area contributed by atoms with Crippen molar-refractivity contribution in [3.8, 4) is 11.5 Å². The fraction of sp³-hybridized carbons (Fsp3) is 0.650. The molecule has 0 aliphatic heterocycles. The van der Waals surface area contributed by atoms with Gasteiger partial charge in [-0.25, -0.2) is 0 Å². The summed E-state index contributed by atoms with van der Waals surface area (Å²) in [6.45, 7) is 9.02. The largest absolute Gasteiger partial charge is 0.490 e. The Labute approximate surface area is 151 Å². The van der Waals surface area contributed by atoms with Gasteiger partial charge in [0.2, 0.25) is 5.91 Å². The van der Waals surface area contributed by atoms with E-state index in [0.717, 1.165) is 37.0 Å². The highest BCUT2D eigenvalue weighted by molar-refractivity contribution is 5.80. The lowest BCUT2D eigenvalue weighted by Crippen LogP contribution is -2.53. The number of rotatable bonds is 7. The lowest BCUT2D eigenvalue weighted by atomic mass is 9.74. The Morgan fingerprint density at radius 1 is 1.28 bits per heavy atom.